The molecule has 0 radical (unpaired) electrons. The molecular weight excluding hydrogens is 329 g/mol. The number of hydrogen-bond donors (Lipinski definition) is 0. The smallest absolute Gasteiger partial charge is 0.125 e. The van der Waals surface area contributed by atoms with Gasteiger partial charge in [0.25, 0.3) is 0 Å². The Hall–Kier alpha value is -0.480. The van der Waals surface area contributed by atoms with Crippen molar-refractivity contribution in [3.8, 4) is 0 Å². The number of likely N-dealkylation sites (tertiary alicyclic amines) is 1. The number of fused-ring (bicyclic) bond motifs is 1. The Bertz CT molecular complexity index is 693. The molecule has 1 saturated heterocycles. The summed E-state index contributed by atoms with van der Waals surface area (Å²) >= 11 is 18.4. The van der Waals surface area contributed by atoms with Crippen LogP contribution in [0.2, 0.25) is 10.0 Å². The van der Waals surface area contributed by atoms with E-state index in [1.54, 1.807) is 0 Å². The standard InChI is InChI=1S/C15H16Cl3N3/c16-7-15-19-13-5-11(17)12(18)6-14(13)21(15)10-3-4-20(8-10)9-1-2-9/h5-6,9-10H,1-4,7-8H2. The third kappa shape index (κ3) is 2.44. The van der Waals surface area contributed by atoms with Crippen LogP contribution < -0.4 is 0 Å². The van der Waals surface area contributed by atoms with Crippen LogP contribution in [0.4, 0.5) is 0 Å². The molecule has 112 valence electrons. The molecule has 2 aromatic rings. The maximum absolute atomic E-state index is 6.19. The largest absolute Gasteiger partial charge is 0.322 e. The lowest BCUT2D eigenvalue weighted by Crippen LogP contribution is -2.24. The number of aromatic nitrogens is 2. The van der Waals surface area contributed by atoms with Crippen molar-refractivity contribution in [2.24, 2.45) is 0 Å². The zero-order valence-corrected chi connectivity index (χ0v) is 13.8. The number of hydrogen-bond acceptors (Lipinski definition) is 2. The van der Waals surface area contributed by atoms with Gasteiger partial charge in [0.2, 0.25) is 0 Å². The Kier molecular flexibility index (Phi) is 3.57. The normalized spacial score (nSPS) is 23.3. The second-order valence-electron chi connectivity index (χ2n) is 5.96. The van der Waals surface area contributed by atoms with Crippen molar-refractivity contribution in [1.29, 1.82) is 0 Å². The molecule has 1 aliphatic carbocycles. The van der Waals surface area contributed by atoms with Crippen LogP contribution in [0.25, 0.3) is 11.0 Å². The average molecular weight is 345 g/mol. The molecule has 0 bridgehead atoms. The second-order valence-corrected chi connectivity index (χ2v) is 7.04. The number of imidazole rings is 1. The van der Waals surface area contributed by atoms with E-state index < -0.39 is 0 Å². The Labute approximate surface area is 138 Å². The highest BCUT2D eigenvalue weighted by Crippen LogP contribution is 2.37. The lowest BCUT2D eigenvalue weighted by atomic mass is 10.2. The third-order valence-electron chi connectivity index (χ3n) is 4.55. The molecular formula is C15H16Cl3N3. The van der Waals surface area contributed by atoms with Crippen molar-refractivity contribution in [3.63, 3.8) is 0 Å². The summed E-state index contributed by atoms with van der Waals surface area (Å²) in [7, 11) is 0. The Morgan fingerprint density at radius 3 is 2.57 bits per heavy atom. The maximum Gasteiger partial charge on any atom is 0.125 e. The monoisotopic (exact) mass is 343 g/mol. The highest BCUT2D eigenvalue weighted by Gasteiger charge is 2.36. The van der Waals surface area contributed by atoms with Gasteiger partial charge in [-0.15, -0.1) is 11.6 Å². The summed E-state index contributed by atoms with van der Waals surface area (Å²) in [6.07, 6.45) is 3.84. The van der Waals surface area contributed by atoms with E-state index in [4.69, 9.17) is 34.8 Å². The van der Waals surface area contributed by atoms with Gasteiger partial charge in [0.1, 0.15) is 5.82 Å². The van der Waals surface area contributed by atoms with E-state index in [-0.39, 0.29) is 0 Å². The topological polar surface area (TPSA) is 21.1 Å². The van der Waals surface area contributed by atoms with E-state index in [1.165, 1.54) is 12.8 Å². The van der Waals surface area contributed by atoms with Gasteiger partial charge in [0.15, 0.2) is 0 Å². The minimum absolute atomic E-state index is 0.407. The van der Waals surface area contributed by atoms with Gasteiger partial charge in [-0.3, -0.25) is 4.90 Å². The fourth-order valence-electron chi connectivity index (χ4n) is 3.39. The summed E-state index contributed by atoms with van der Waals surface area (Å²) in [5.74, 6) is 1.32. The quantitative estimate of drug-likeness (QED) is 0.765. The molecule has 6 heteroatoms. The average Bonchev–Trinajstić information content (AvgIpc) is 3.10. The van der Waals surface area contributed by atoms with Crippen molar-refractivity contribution >= 4 is 45.8 Å². The lowest BCUT2D eigenvalue weighted by Gasteiger charge is -2.18. The maximum atomic E-state index is 6.19. The molecule has 1 saturated carbocycles. The van der Waals surface area contributed by atoms with Gasteiger partial charge >= 0.3 is 0 Å². The van der Waals surface area contributed by atoms with Crippen LogP contribution in [0, 0.1) is 0 Å². The van der Waals surface area contributed by atoms with Crippen molar-refractivity contribution in [2.75, 3.05) is 13.1 Å². The molecule has 0 spiro atoms. The number of benzene rings is 1. The molecule has 0 N–H and O–H groups in total. The van der Waals surface area contributed by atoms with E-state index in [0.717, 1.165) is 42.4 Å². The molecule has 4 rings (SSSR count). The van der Waals surface area contributed by atoms with E-state index in [0.29, 0.717) is 22.0 Å². The molecule has 1 aliphatic heterocycles. The molecule has 3 nitrogen and oxygen atoms in total. The third-order valence-corrected chi connectivity index (χ3v) is 5.51. The van der Waals surface area contributed by atoms with Crippen molar-refractivity contribution in [3.05, 3.63) is 28.0 Å². The second kappa shape index (κ2) is 5.31. The van der Waals surface area contributed by atoms with Crippen LogP contribution >= 0.6 is 34.8 Å². The first kappa shape index (κ1) is 14.1. The molecule has 0 amide bonds. The highest BCUT2D eigenvalue weighted by molar-refractivity contribution is 6.42. The molecule has 1 aromatic carbocycles. The first-order chi connectivity index (χ1) is 10.2. The van der Waals surface area contributed by atoms with Gasteiger partial charge in [-0.1, -0.05) is 23.2 Å². The fourth-order valence-corrected chi connectivity index (χ4v) is 3.90. The van der Waals surface area contributed by atoms with Gasteiger partial charge in [-0.2, -0.15) is 0 Å². The minimum Gasteiger partial charge on any atom is -0.322 e. The first-order valence-corrected chi connectivity index (χ1v) is 8.62. The number of halogens is 3. The molecule has 1 unspecified atom stereocenters. The van der Waals surface area contributed by atoms with Crippen LogP contribution in [0.3, 0.4) is 0 Å². The zero-order valence-electron chi connectivity index (χ0n) is 11.5. The van der Waals surface area contributed by atoms with Crippen molar-refractivity contribution < 1.29 is 0 Å². The minimum atomic E-state index is 0.407. The van der Waals surface area contributed by atoms with Gasteiger partial charge in [-0.05, 0) is 31.4 Å². The van der Waals surface area contributed by atoms with Gasteiger partial charge in [0.05, 0.1) is 27.0 Å². The summed E-state index contributed by atoms with van der Waals surface area (Å²) in [5, 5.41) is 1.12. The van der Waals surface area contributed by atoms with E-state index in [1.807, 2.05) is 12.1 Å². The summed E-state index contributed by atoms with van der Waals surface area (Å²) in [4.78, 5) is 7.22. The molecule has 2 fully saturated rings. The van der Waals surface area contributed by atoms with E-state index >= 15 is 0 Å². The van der Waals surface area contributed by atoms with Crippen LogP contribution in [0.15, 0.2) is 12.1 Å². The van der Waals surface area contributed by atoms with Crippen LogP contribution in [-0.4, -0.2) is 33.6 Å². The van der Waals surface area contributed by atoms with E-state index in [2.05, 4.69) is 14.5 Å². The zero-order chi connectivity index (χ0) is 14.6. The van der Waals surface area contributed by atoms with Gasteiger partial charge in [0, 0.05) is 25.2 Å². The summed E-state index contributed by atoms with van der Waals surface area (Å²) in [6, 6.07) is 4.99. The lowest BCUT2D eigenvalue weighted by molar-refractivity contribution is 0.314. The number of nitrogens with zero attached hydrogens (tertiary/aromatic N) is 3. The molecule has 1 aromatic heterocycles. The Morgan fingerprint density at radius 1 is 1.10 bits per heavy atom. The Balaban J connectivity index is 1.77. The molecule has 2 aliphatic rings. The number of rotatable bonds is 3. The SMILES string of the molecule is ClCc1nc2cc(Cl)c(Cl)cc2n1C1CCN(C2CC2)C1. The van der Waals surface area contributed by atoms with E-state index in [9.17, 15) is 0 Å². The molecule has 1 atom stereocenters. The van der Waals surface area contributed by atoms with Gasteiger partial charge < -0.3 is 4.57 Å². The van der Waals surface area contributed by atoms with Crippen molar-refractivity contribution in [1.82, 2.24) is 14.5 Å². The van der Waals surface area contributed by atoms with Crippen LogP contribution in [0.5, 0.6) is 0 Å². The summed E-state index contributed by atoms with van der Waals surface area (Å²) in [5.41, 5.74) is 1.92. The van der Waals surface area contributed by atoms with Crippen LogP contribution in [0.1, 0.15) is 31.1 Å². The van der Waals surface area contributed by atoms with Gasteiger partial charge in [-0.25, -0.2) is 4.98 Å². The Morgan fingerprint density at radius 2 is 1.86 bits per heavy atom. The first-order valence-electron chi connectivity index (χ1n) is 7.33. The highest BCUT2D eigenvalue weighted by atomic mass is 35.5. The molecule has 2 heterocycles. The summed E-state index contributed by atoms with van der Waals surface area (Å²) < 4.78 is 2.27. The molecule has 21 heavy (non-hydrogen) atoms. The van der Waals surface area contributed by atoms with Crippen molar-refractivity contribution in [2.45, 2.75) is 37.2 Å². The summed E-state index contributed by atoms with van der Waals surface area (Å²) in [6.45, 7) is 2.25. The van der Waals surface area contributed by atoms with Crippen LogP contribution in [-0.2, 0) is 5.88 Å². The predicted octanol–water partition coefficient (Wildman–Crippen LogP) is 4.49. The number of alkyl halides is 1. The predicted molar refractivity (Wildman–Crippen MR) is 87.6 cm³/mol. The fraction of sp³-hybridized carbons (Fsp3) is 0.533.